The molecule has 2 saturated heterocycles. The van der Waals surface area contributed by atoms with Crippen LogP contribution < -0.4 is 10.6 Å². The van der Waals surface area contributed by atoms with Crippen molar-refractivity contribution >= 4 is 17.6 Å². The van der Waals surface area contributed by atoms with E-state index in [2.05, 4.69) is 25.5 Å². The largest absolute Gasteiger partial charge is 0.350 e. The van der Waals surface area contributed by atoms with Crippen molar-refractivity contribution in [3.8, 4) is 0 Å². The lowest BCUT2D eigenvalue weighted by molar-refractivity contribution is 0.0924. The highest BCUT2D eigenvalue weighted by atomic mass is 19.1. The van der Waals surface area contributed by atoms with Gasteiger partial charge in [0, 0.05) is 26.2 Å². The van der Waals surface area contributed by atoms with Crippen LogP contribution in [-0.4, -0.2) is 71.0 Å². The average Bonchev–Trinajstić information content (AvgIpc) is 3.36. The van der Waals surface area contributed by atoms with Gasteiger partial charge in [0.2, 0.25) is 0 Å². The molecule has 0 aliphatic carbocycles. The second-order valence-corrected chi connectivity index (χ2v) is 8.76. The Morgan fingerprint density at radius 3 is 2.47 bits per heavy atom. The quantitative estimate of drug-likeness (QED) is 0.641. The Balaban J connectivity index is 1.13. The predicted molar refractivity (Wildman–Crippen MR) is 120 cm³/mol. The number of aromatic nitrogens is 2. The van der Waals surface area contributed by atoms with Gasteiger partial charge in [-0.25, -0.2) is 14.2 Å². The van der Waals surface area contributed by atoms with Gasteiger partial charge in [0.15, 0.2) is 0 Å². The number of para-hydroxylation sites is 1. The summed E-state index contributed by atoms with van der Waals surface area (Å²) in [7, 11) is 0. The Bertz CT molecular complexity index is 890. The first kappa shape index (κ1) is 22.3. The summed E-state index contributed by atoms with van der Waals surface area (Å²) < 4.78 is 13.8. The SMILES string of the molecule is O=C(NCC1CCN(CC2CCN(C(=O)Nc3ccccc3F)CC2)CC1)c1cnc[nH]1. The monoisotopic (exact) mass is 442 g/mol. The Hall–Kier alpha value is -2.94. The Morgan fingerprint density at radius 1 is 1.06 bits per heavy atom. The molecule has 2 aromatic rings. The zero-order chi connectivity index (χ0) is 22.3. The van der Waals surface area contributed by atoms with Gasteiger partial charge < -0.3 is 25.4 Å². The fourth-order valence-electron chi connectivity index (χ4n) is 4.53. The van der Waals surface area contributed by atoms with Gasteiger partial charge in [-0.05, 0) is 62.7 Å². The lowest BCUT2D eigenvalue weighted by Gasteiger charge is -2.37. The first-order valence-corrected chi connectivity index (χ1v) is 11.4. The van der Waals surface area contributed by atoms with Crippen molar-refractivity contribution in [2.24, 2.45) is 11.8 Å². The molecule has 32 heavy (non-hydrogen) atoms. The topological polar surface area (TPSA) is 93.4 Å². The van der Waals surface area contributed by atoms with E-state index in [4.69, 9.17) is 0 Å². The summed E-state index contributed by atoms with van der Waals surface area (Å²) in [6.07, 6.45) is 7.12. The molecule has 0 unspecified atom stereocenters. The number of piperidine rings is 2. The van der Waals surface area contributed by atoms with Crippen LogP contribution in [0.5, 0.6) is 0 Å². The van der Waals surface area contributed by atoms with Crippen LogP contribution in [0.4, 0.5) is 14.9 Å². The average molecular weight is 443 g/mol. The van der Waals surface area contributed by atoms with Crippen molar-refractivity contribution < 1.29 is 14.0 Å². The molecule has 0 radical (unpaired) electrons. The lowest BCUT2D eigenvalue weighted by Crippen LogP contribution is -2.45. The van der Waals surface area contributed by atoms with Gasteiger partial charge in [-0.1, -0.05) is 12.1 Å². The minimum atomic E-state index is -0.417. The van der Waals surface area contributed by atoms with Gasteiger partial charge in [-0.2, -0.15) is 0 Å². The molecule has 9 heteroatoms. The summed E-state index contributed by atoms with van der Waals surface area (Å²) in [5, 5.41) is 5.67. The molecule has 3 amide bonds. The minimum absolute atomic E-state index is 0.101. The highest BCUT2D eigenvalue weighted by Gasteiger charge is 2.27. The molecular weight excluding hydrogens is 411 g/mol. The smallest absolute Gasteiger partial charge is 0.321 e. The number of halogens is 1. The second kappa shape index (κ2) is 10.6. The molecule has 0 atom stereocenters. The molecular formula is C23H31FN6O2. The van der Waals surface area contributed by atoms with Gasteiger partial charge in [-0.15, -0.1) is 0 Å². The number of hydrogen-bond donors (Lipinski definition) is 3. The number of hydrogen-bond acceptors (Lipinski definition) is 4. The number of H-pyrrole nitrogens is 1. The lowest BCUT2D eigenvalue weighted by atomic mass is 9.93. The third-order valence-electron chi connectivity index (χ3n) is 6.53. The van der Waals surface area contributed by atoms with E-state index in [1.807, 2.05) is 0 Å². The maximum atomic E-state index is 13.8. The van der Waals surface area contributed by atoms with Crippen molar-refractivity contribution in [2.75, 3.05) is 44.6 Å². The molecule has 2 fully saturated rings. The van der Waals surface area contributed by atoms with Gasteiger partial charge >= 0.3 is 6.03 Å². The van der Waals surface area contributed by atoms with Crippen molar-refractivity contribution in [1.29, 1.82) is 0 Å². The molecule has 0 saturated carbocycles. The van der Waals surface area contributed by atoms with Crippen molar-refractivity contribution in [2.45, 2.75) is 25.7 Å². The number of carbonyl (C=O) groups is 2. The Labute approximate surface area is 187 Å². The third kappa shape index (κ3) is 5.85. The van der Waals surface area contributed by atoms with E-state index in [1.54, 1.807) is 23.1 Å². The van der Waals surface area contributed by atoms with Crippen molar-refractivity contribution in [3.63, 3.8) is 0 Å². The maximum Gasteiger partial charge on any atom is 0.321 e. The van der Waals surface area contributed by atoms with Crippen LogP contribution in [0, 0.1) is 17.7 Å². The Kier molecular flexibility index (Phi) is 7.36. The van der Waals surface area contributed by atoms with Gasteiger partial charge in [-0.3, -0.25) is 4.79 Å². The number of rotatable bonds is 6. The number of anilines is 1. The summed E-state index contributed by atoms with van der Waals surface area (Å²) in [4.78, 5) is 35.4. The maximum absolute atomic E-state index is 13.8. The van der Waals surface area contributed by atoms with E-state index in [1.165, 1.54) is 18.6 Å². The van der Waals surface area contributed by atoms with E-state index in [-0.39, 0.29) is 17.6 Å². The number of urea groups is 1. The number of carbonyl (C=O) groups excluding carboxylic acids is 2. The number of nitrogens with zero attached hydrogens (tertiary/aromatic N) is 3. The highest BCUT2D eigenvalue weighted by Crippen LogP contribution is 2.23. The number of aromatic amines is 1. The van der Waals surface area contributed by atoms with E-state index in [9.17, 15) is 14.0 Å². The molecule has 8 nitrogen and oxygen atoms in total. The number of likely N-dealkylation sites (tertiary alicyclic amines) is 2. The number of benzene rings is 1. The summed E-state index contributed by atoms with van der Waals surface area (Å²) >= 11 is 0. The fourth-order valence-corrected chi connectivity index (χ4v) is 4.53. The summed E-state index contributed by atoms with van der Waals surface area (Å²) in [6.45, 7) is 5.22. The van der Waals surface area contributed by atoms with Crippen LogP contribution in [0.25, 0.3) is 0 Å². The van der Waals surface area contributed by atoms with Gasteiger partial charge in [0.1, 0.15) is 11.5 Å². The Morgan fingerprint density at radius 2 is 1.78 bits per heavy atom. The molecule has 0 spiro atoms. The molecule has 1 aromatic heterocycles. The van der Waals surface area contributed by atoms with Crippen LogP contribution in [0.2, 0.25) is 0 Å². The van der Waals surface area contributed by atoms with Crippen LogP contribution in [0.15, 0.2) is 36.8 Å². The van der Waals surface area contributed by atoms with Crippen LogP contribution >= 0.6 is 0 Å². The molecule has 3 N–H and O–H groups in total. The normalized spacial score (nSPS) is 18.5. The molecule has 2 aliphatic heterocycles. The van der Waals surface area contributed by atoms with Crippen LogP contribution in [-0.2, 0) is 0 Å². The van der Waals surface area contributed by atoms with E-state index < -0.39 is 5.82 Å². The molecule has 1 aromatic carbocycles. The summed E-state index contributed by atoms with van der Waals surface area (Å²) in [5.41, 5.74) is 0.722. The highest BCUT2D eigenvalue weighted by molar-refractivity contribution is 5.92. The molecule has 0 bridgehead atoms. The molecule has 172 valence electrons. The van der Waals surface area contributed by atoms with E-state index in [0.717, 1.165) is 45.3 Å². The standard InChI is InChI=1S/C23H31FN6O2/c24-19-3-1-2-4-20(19)28-23(32)30-11-7-18(8-12-30)15-29-9-5-17(6-10-29)13-26-22(31)21-14-25-16-27-21/h1-4,14,16-18H,5-13,15H2,(H,25,27)(H,26,31)(H,28,32). The molecule has 4 rings (SSSR count). The third-order valence-corrected chi connectivity index (χ3v) is 6.53. The fraction of sp³-hybridized carbons (Fsp3) is 0.522. The van der Waals surface area contributed by atoms with Gasteiger partial charge in [0.05, 0.1) is 18.2 Å². The zero-order valence-electron chi connectivity index (χ0n) is 18.2. The van der Waals surface area contributed by atoms with Crippen molar-refractivity contribution in [3.05, 3.63) is 48.3 Å². The molecule has 2 aliphatic rings. The minimum Gasteiger partial charge on any atom is -0.350 e. The first-order chi connectivity index (χ1) is 15.6. The second-order valence-electron chi connectivity index (χ2n) is 8.76. The summed E-state index contributed by atoms with van der Waals surface area (Å²) in [6, 6.07) is 6.01. The van der Waals surface area contributed by atoms with E-state index in [0.29, 0.717) is 37.2 Å². The zero-order valence-corrected chi connectivity index (χ0v) is 18.2. The van der Waals surface area contributed by atoms with Crippen LogP contribution in [0.3, 0.4) is 0 Å². The first-order valence-electron chi connectivity index (χ1n) is 11.4. The number of nitrogens with one attached hydrogen (secondary N) is 3. The number of imidazole rings is 1. The van der Waals surface area contributed by atoms with Gasteiger partial charge in [0.25, 0.3) is 5.91 Å². The molecule has 3 heterocycles. The van der Waals surface area contributed by atoms with Crippen molar-refractivity contribution in [1.82, 2.24) is 25.1 Å². The summed E-state index contributed by atoms with van der Waals surface area (Å²) in [5.74, 6) is 0.557. The number of amides is 3. The van der Waals surface area contributed by atoms with Crippen LogP contribution in [0.1, 0.15) is 36.2 Å². The predicted octanol–water partition coefficient (Wildman–Crippen LogP) is 2.93. The van der Waals surface area contributed by atoms with E-state index >= 15 is 0 Å².